The lowest BCUT2D eigenvalue weighted by Crippen LogP contribution is -2.35. The van der Waals surface area contributed by atoms with Gasteiger partial charge in [-0.3, -0.25) is 0 Å². The first-order chi connectivity index (χ1) is 10.6. The average molecular weight is 337 g/mol. The summed E-state index contributed by atoms with van der Waals surface area (Å²) in [5.41, 5.74) is -1.84. The third-order valence-electron chi connectivity index (χ3n) is 3.35. The second-order valence-corrected chi connectivity index (χ2v) is 4.84. The number of nitrogens with one attached hydrogen (secondary N) is 1. The van der Waals surface area contributed by atoms with E-state index < -0.39 is 41.9 Å². The van der Waals surface area contributed by atoms with Crippen molar-refractivity contribution in [2.75, 3.05) is 7.11 Å². The standard InChI is InChI=1S/C14H12F5NO3/c1-23-12(22)10(21)6-8-7-4-2-3-5-9(7)20-11(8)13(15,16)14(17,18)19/h2-5,10,20-21H,6H2,1H3. The number of aromatic nitrogens is 1. The number of hydrogen-bond acceptors (Lipinski definition) is 3. The van der Waals surface area contributed by atoms with E-state index in [4.69, 9.17) is 0 Å². The molecule has 0 amide bonds. The Kier molecular flexibility index (Phi) is 4.34. The van der Waals surface area contributed by atoms with Crippen LogP contribution in [0.4, 0.5) is 22.0 Å². The van der Waals surface area contributed by atoms with Crippen LogP contribution >= 0.6 is 0 Å². The zero-order valence-electron chi connectivity index (χ0n) is 11.7. The van der Waals surface area contributed by atoms with Crippen LogP contribution in [0.1, 0.15) is 11.3 Å². The monoisotopic (exact) mass is 337 g/mol. The number of H-pyrrole nitrogens is 1. The molecule has 0 fully saturated rings. The normalized spacial score (nSPS) is 14.0. The molecule has 2 rings (SSSR count). The van der Waals surface area contributed by atoms with E-state index in [9.17, 15) is 31.9 Å². The van der Waals surface area contributed by atoms with Gasteiger partial charge in [0.1, 0.15) is 0 Å². The van der Waals surface area contributed by atoms with E-state index in [1.54, 1.807) is 0 Å². The Morgan fingerprint density at radius 3 is 2.43 bits per heavy atom. The highest BCUT2D eigenvalue weighted by Crippen LogP contribution is 2.46. The number of ether oxygens (including phenoxy) is 1. The van der Waals surface area contributed by atoms with Gasteiger partial charge in [0.25, 0.3) is 0 Å². The van der Waals surface area contributed by atoms with Gasteiger partial charge in [0.05, 0.1) is 12.8 Å². The van der Waals surface area contributed by atoms with Gasteiger partial charge in [0.2, 0.25) is 0 Å². The number of aromatic amines is 1. The SMILES string of the molecule is COC(=O)C(O)Cc1c(C(F)(F)C(F)(F)F)[nH]c2ccccc12. The lowest BCUT2D eigenvalue weighted by molar-refractivity contribution is -0.291. The molecule has 2 N–H and O–H groups in total. The Labute approximate surface area is 126 Å². The Morgan fingerprint density at radius 2 is 1.87 bits per heavy atom. The van der Waals surface area contributed by atoms with Crippen molar-refractivity contribution in [1.82, 2.24) is 4.98 Å². The Bertz CT molecular complexity index is 723. The van der Waals surface area contributed by atoms with Crippen LogP contribution in [0, 0.1) is 0 Å². The van der Waals surface area contributed by atoms with Crippen molar-refractivity contribution < 1.29 is 36.6 Å². The second kappa shape index (κ2) is 5.80. The minimum Gasteiger partial charge on any atom is -0.467 e. The Hall–Kier alpha value is -2.16. The molecule has 9 heteroatoms. The first-order valence-corrected chi connectivity index (χ1v) is 6.40. The number of rotatable bonds is 4. The summed E-state index contributed by atoms with van der Waals surface area (Å²) in [6.45, 7) is 0. The summed E-state index contributed by atoms with van der Waals surface area (Å²) in [5.74, 6) is -6.28. The zero-order chi connectivity index (χ0) is 17.4. The Morgan fingerprint density at radius 1 is 1.26 bits per heavy atom. The summed E-state index contributed by atoms with van der Waals surface area (Å²) < 4.78 is 69.7. The van der Waals surface area contributed by atoms with E-state index in [0.29, 0.717) is 0 Å². The predicted molar refractivity (Wildman–Crippen MR) is 70.0 cm³/mol. The number of carbonyl (C=O) groups is 1. The van der Waals surface area contributed by atoms with Crippen LogP contribution in [-0.4, -0.2) is 35.4 Å². The summed E-state index contributed by atoms with van der Waals surface area (Å²) >= 11 is 0. The number of esters is 1. The summed E-state index contributed by atoms with van der Waals surface area (Å²) in [7, 11) is 0.964. The summed E-state index contributed by atoms with van der Waals surface area (Å²) in [5, 5.41) is 9.69. The largest absolute Gasteiger partial charge is 0.467 e. The average Bonchev–Trinajstić information content (AvgIpc) is 2.84. The number of benzene rings is 1. The number of hydrogen-bond donors (Lipinski definition) is 2. The van der Waals surface area contributed by atoms with Crippen LogP contribution in [0.15, 0.2) is 24.3 Å². The fourth-order valence-electron chi connectivity index (χ4n) is 2.23. The molecule has 0 aliphatic carbocycles. The fourth-order valence-corrected chi connectivity index (χ4v) is 2.23. The molecule has 1 aromatic carbocycles. The number of para-hydroxylation sites is 1. The lowest BCUT2D eigenvalue weighted by atomic mass is 10.0. The quantitative estimate of drug-likeness (QED) is 0.666. The van der Waals surface area contributed by atoms with Gasteiger partial charge in [-0.2, -0.15) is 22.0 Å². The summed E-state index contributed by atoms with van der Waals surface area (Å²) in [4.78, 5) is 13.3. The van der Waals surface area contributed by atoms with Crippen LogP contribution in [0.2, 0.25) is 0 Å². The van der Waals surface area contributed by atoms with Gasteiger partial charge >= 0.3 is 18.1 Å². The van der Waals surface area contributed by atoms with Crippen molar-refractivity contribution in [3.63, 3.8) is 0 Å². The molecule has 2 aromatic rings. The van der Waals surface area contributed by atoms with Crippen molar-refractivity contribution in [3.05, 3.63) is 35.5 Å². The van der Waals surface area contributed by atoms with E-state index in [-0.39, 0.29) is 10.9 Å². The molecule has 1 aromatic heterocycles. The van der Waals surface area contributed by atoms with Crippen molar-refractivity contribution in [2.45, 2.75) is 24.6 Å². The molecule has 0 saturated heterocycles. The molecule has 1 heterocycles. The highest BCUT2D eigenvalue weighted by Gasteiger charge is 2.60. The van der Waals surface area contributed by atoms with Crippen LogP contribution in [0.3, 0.4) is 0 Å². The van der Waals surface area contributed by atoms with Gasteiger partial charge in [0, 0.05) is 17.3 Å². The highest BCUT2D eigenvalue weighted by molar-refractivity contribution is 5.86. The van der Waals surface area contributed by atoms with Crippen LogP contribution < -0.4 is 0 Å². The molecule has 0 spiro atoms. The first kappa shape index (κ1) is 17.2. The number of aliphatic hydroxyl groups is 1. The van der Waals surface area contributed by atoms with Crippen molar-refractivity contribution in [2.24, 2.45) is 0 Å². The third-order valence-corrected chi connectivity index (χ3v) is 3.35. The van der Waals surface area contributed by atoms with Crippen LogP contribution in [0.5, 0.6) is 0 Å². The summed E-state index contributed by atoms with van der Waals surface area (Å²) in [6.07, 6.45) is -8.42. The number of methoxy groups -OCH3 is 1. The molecule has 23 heavy (non-hydrogen) atoms. The molecule has 0 bridgehead atoms. The topological polar surface area (TPSA) is 62.3 Å². The number of fused-ring (bicyclic) bond motifs is 1. The maximum Gasteiger partial charge on any atom is 0.459 e. The fraction of sp³-hybridized carbons (Fsp3) is 0.357. The number of halogens is 5. The number of alkyl halides is 5. The number of carbonyl (C=O) groups excluding carboxylic acids is 1. The minimum atomic E-state index is -5.82. The van der Waals surface area contributed by atoms with E-state index in [1.807, 2.05) is 4.98 Å². The second-order valence-electron chi connectivity index (χ2n) is 4.84. The predicted octanol–water partition coefficient (Wildman–Crippen LogP) is 2.90. The minimum absolute atomic E-state index is 0.0403. The van der Waals surface area contributed by atoms with Gasteiger partial charge in [-0.25, -0.2) is 4.79 Å². The first-order valence-electron chi connectivity index (χ1n) is 6.40. The van der Waals surface area contributed by atoms with Crippen LogP contribution in [0.25, 0.3) is 10.9 Å². The maximum absolute atomic E-state index is 13.7. The van der Waals surface area contributed by atoms with Crippen molar-refractivity contribution in [3.8, 4) is 0 Å². The van der Waals surface area contributed by atoms with Gasteiger partial charge in [-0.05, 0) is 11.6 Å². The third kappa shape index (κ3) is 3.00. The van der Waals surface area contributed by atoms with Crippen molar-refractivity contribution in [1.29, 1.82) is 0 Å². The van der Waals surface area contributed by atoms with E-state index in [2.05, 4.69) is 4.74 Å². The molecule has 0 aliphatic heterocycles. The van der Waals surface area contributed by atoms with E-state index >= 15 is 0 Å². The molecule has 0 radical (unpaired) electrons. The molecule has 4 nitrogen and oxygen atoms in total. The molecule has 0 saturated carbocycles. The molecule has 126 valence electrons. The number of aliphatic hydroxyl groups excluding tert-OH is 1. The van der Waals surface area contributed by atoms with E-state index in [0.717, 1.165) is 7.11 Å². The van der Waals surface area contributed by atoms with Gasteiger partial charge in [-0.15, -0.1) is 0 Å². The van der Waals surface area contributed by atoms with Gasteiger partial charge < -0.3 is 14.8 Å². The lowest BCUT2D eigenvalue weighted by Gasteiger charge is -2.20. The van der Waals surface area contributed by atoms with Crippen molar-refractivity contribution >= 4 is 16.9 Å². The van der Waals surface area contributed by atoms with E-state index in [1.165, 1.54) is 24.3 Å². The van der Waals surface area contributed by atoms with Crippen LogP contribution in [-0.2, 0) is 21.9 Å². The highest BCUT2D eigenvalue weighted by atomic mass is 19.4. The summed E-state index contributed by atoms with van der Waals surface area (Å²) in [6, 6.07) is 5.54. The molecule has 0 aliphatic rings. The smallest absolute Gasteiger partial charge is 0.459 e. The zero-order valence-corrected chi connectivity index (χ0v) is 11.7. The molecule has 1 atom stereocenters. The van der Waals surface area contributed by atoms with Gasteiger partial charge in [-0.1, -0.05) is 18.2 Å². The molecule has 1 unspecified atom stereocenters. The molecular formula is C14H12F5NO3. The van der Waals surface area contributed by atoms with Gasteiger partial charge in [0.15, 0.2) is 6.10 Å². The molecular weight excluding hydrogens is 325 g/mol. The Balaban J connectivity index is 2.61. The maximum atomic E-state index is 13.7.